The Labute approximate surface area is 120 Å². The third kappa shape index (κ3) is 6.27. The zero-order valence-corrected chi connectivity index (χ0v) is 13.5. The maximum absolute atomic E-state index is 10.9. The van der Waals surface area contributed by atoms with Gasteiger partial charge in [-0.05, 0) is 51.1 Å². The van der Waals surface area contributed by atoms with Crippen molar-refractivity contribution >= 4 is 0 Å². The Bertz CT molecular complexity index is 231. The summed E-state index contributed by atoms with van der Waals surface area (Å²) < 4.78 is 0. The molecule has 2 heteroatoms. The van der Waals surface area contributed by atoms with E-state index in [-0.39, 0.29) is 5.60 Å². The molecule has 2 unspecified atom stereocenters. The van der Waals surface area contributed by atoms with Gasteiger partial charge in [-0.1, -0.05) is 46.5 Å². The molecule has 0 bridgehead atoms. The summed E-state index contributed by atoms with van der Waals surface area (Å²) in [6.07, 6.45) is 10.5. The van der Waals surface area contributed by atoms with E-state index < -0.39 is 0 Å². The predicted octanol–water partition coefficient (Wildman–Crippen LogP) is 4.22. The maximum atomic E-state index is 10.9. The molecule has 0 radical (unpaired) electrons. The van der Waals surface area contributed by atoms with Crippen LogP contribution in [0.25, 0.3) is 0 Å². The van der Waals surface area contributed by atoms with E-state index in [1.54, 1.807) is 0 Å². The Morgan fingerprint density at radius 1 is 1.11 bits per heavy atom. The monoisotopic (exact) mass is 269 g/mol. The Kier molecular flexibility index (Phi) is 8.01. The Morgan fingerprint density at radius 2 is 1.89 bits per heavy atom. The van der Waals surface area contributed by atoms with Gasteiger partial charge >= 0.3 is 0 Å². The highest BCUT2D eigenvalue weighted by atomic mass is 16.3. The summed E-state index contributed by atoms with van der Waals surface area (Å²) >= 11 is 0. The first kappa shape index (κ1) is 17.0. The van der Waals surface area contributed by atoms with E-state index in [1.165, 1.54) is 51.6 Å². The van der Waals surface area contributed by atoms with Gasteiger partial charge in [0.2, 0.25) is 0 Å². The van der Waals surface area contributed by atoms with Gasteiger partial charge in [0.25, 0.3) is 0 Å². The lowest BCUT2D eigenvalue weighted by Gasteiger charge is -2.31. The van der Waals surface area contributed by atoms with Crippen LogP contribution in [0.4, 0.5) is 0 Å². The molecule has 2 atom stereocenters. The van der Waals surface area contributed by atoms with Crippen LogP contribution in [-0.2, 0) is 0 Å². The molecule has 19 heavy (non-hydrogen) atoms. The third-order valence-electron chi connectivity index (χ3n) is 4.76. The largest absolute Gasteiger partial charge is 0.390 e. The van der Waals surface area contributed by atoms with Gasteiger partial charge in [-0.15, -0.1) is 0 Å². The van der Waals surface area contributed by atoms with E-state index in [0.717, 1.165) is 31.7 Å². The summed E-state index contributed by atoms with van der Waals surface area (Å²) in [4.78, 5) is 2.53. The van der Waals surface area contributed by atoms with Crippen LogP contribution in [0.1, 0.15) is 78.6 Å². The van der Waals surface area contributed by atoms with E-state index in [0.29, 0.717) is 0 Å². The molecule has 0 amide bonds. The minimum Gasteiger partial charge on any atom is -0.390 e. The van der Waals surface area contributed by atoms with Crippen molar-refractivity contribution in [2.24, 2.45) is 5.92 Å². The second-order valence-corrected chi connectivity index (χ2v) is 6.54. The fraction of sp³-hybridized carbons (Fsp3) is 1.00. The van der Waals surface area contributed by atoms with Crippen LogP contribution in [0.5, 0.6) is 0 Å². The molecule has 0 aromatic rings. The molecule has 0 saturated carbocycles. The molecule has 0 aliphatic carbocycles. The van der Waals surface area contributed by atoms with Crippen LogP contribution >= 0.6 is 0 Å². The first-order valence-corrected chi connectivity index (χ1v) is 8.58. The van der Waals surface area contributed by atoms with Crippen molar-refractivity contribution in [3.63, 3.8) is 0 Å². The molecule has 1 heterocycles. The van der Waals surface area contributed by atoms with Gasteiger partial charge < -0.3 is 10.0 Å². The van der Waals surface area contributed by atoms with Crippen molar-refractivity contribution in [1.82, 2.24) is 4.90 Å². The van der Waals surface area contributed by atoms with E-state index in [9.17, 15) is 5.11 Å². The second kappa shape index (κ2) is 8.97. The van der Waals surface area contributed by atoms with Crippen molar-refractivity contribution < 1.29 is 5.11 Å². The molecule has 1 rings (SSSR count). The number of unbranched alkanes of at least 4 members (excludes halogenated alkanes) is 1. The van der Waals surface area contributed by atoms with Crippen LogP contribution in [-0.4, -0.2) is 35.2 Å². The molecule has 1 fully saturated rings. The smallest absolute Gasteiger partial charge is 0.0663 e. The first-order valence-electron chi connectivity index (χ1n) is 8.58. The molecule has 114 valence electrons. The number of likely N-dealkylation sites (tertiary alicyclic amines) is 1. The highest BCUT2D eigenvalue weighted by Gasteiger charge is 2.31. The molecule has 1 saturated heterocycles. The van der Waals surface area contributed by atoms with Crippen LogP contribution in [0.3, 0.4) is 0 Å². The van der Waals surface area contributed by atoms with Crippen LogP contribution in [0.15, 0.2) is 0 Å². The molecule has 0 aromatic carbocycles. The maximum Gasteiger partial charge on any atom is 0.0663 e. The number of aliphatic hydroxyl groups is 1. The van der Waals surface area contributed by atoms with Crippen molar-refractivity contribution in [3.8, 4) is 0 Å². The summed E-state index contributed by atoms with van der Waals surface area (Å²) in [5.41, 5.74) is -0.378. The molecule has 1 aliphatic heterocycles. The summed E-state index contributed by atoms with van der Waals surface area (Å²) in [6, 6.07) is 0. The molecule has 1 N–H and O–H groups in total. The van der Waals surface area contributed by atoms with Gasteiger partial charge in [-0.25, -0.2) is 0 Å². The van der Waals surface area contributed by atoms with Gasteiger partial charge in [0.1, 0.15) is 0 Å². The quantitative estimate of drug-likeness (QED) is 0.713. The fourth-order valence-electron chi connectivity index (χ4n) is 3.46. The highest BCUT2D eigenvalue weighted by molar-refractivity contribution is 4.85. The fourth-order valence-corrected chi connectivity index (χ4v) is 3.46. The lowest BCUT2D eigenvalue weighted by Crippen LogP contribution is -2.33. The van der Waals surface area contributed by atoms with Crippen molar-refractivity contribution in [2.75, 3.05) is 19.6 Å². The number of hydrogen-bond donors (Lipinski definition) is 1. The molecule has 2 nitrogen and oxygen atoms in total. The first-order chi connectivity index (χ1) is 9.13. The van der Waals surface area contributed by atoms with Crippen molar-refractivity contribution in [2.45, 2.75) is 84.2 Å². The van der Waals surface area contributed by atoms with Gasteiger partial charge in [0, 0.05) is 6.54 Å². The molecular formula is C17H35NO. The minimum absolute atomic E-state index is 0.378. The van der Waals surface area contributed by atoms with Gasteiger partial charge in [0.05, 0.1) is 5.60 Å². The average Bonchev–Trinajstić information content (AvgIpc) is 2.58. The summed E-state index contributed by atoms with van der Waals surface area (Å²) in [5.74, 6) is 0.725. The van der Waals surface area contributed by atoms with Gasteiger partial charge in [-0.3, -0.25) is 0 Å². The summed E-state index contributed by atoms with van der Waals surface area (Å²) in [5, 5.41) is 10.9. The number of nitrogens with zero attached hydrogens (tertiary/aromatic N) is 1. The van der Waals surface area contributed by atoms with Gasteiger partial charge in [0.15, 0.2) is 0 Å². The van der Waals surface area contributed by atoms with Crippen LogP contribution in [0.2, 0.25) is 0 Å². The van der Waals surface area contributed by atoms with E-state index in [4.69, 9.17) is 0 Å². The standard InChI is InChI=1S/C17H35NO/c1-4-7-9-16(6-3)15-17(19)10-8-13-18(12-5-2)14-11-17/h16,19H,4-15H2,1-3H3. The normalized spacial score (nSPS) is 27.2. The molecule has 0 spiro atoms. The van der Waals surface area contributed by atoms with Crippen LogP contribution < -0.4 is 0 Å². The summed E-state index contributed by atoms with van der Waals surface area (Å²) in [6.45, 7) is 10.3. The Hall–Kier alpha value is -0.0800. The van der Waals surface area contributed by atoms with E-state index in [2.05, 4.69) is 25.7 Å². The number of rotatable bonds is 8. The molecular weight excluding hydrogens is 234 g/mol. The lowest BCUT2D eigenvalue weighted by atomic mass is 9.81. The van der Waals surface area contributed by atoms with E-state index in [1.807, 2.05) is 0 Å². The summed E-state index contributed by atoms with van der Waals surface area (Å²) in [7, 11) is 0. The zero-order valence-electron chi connectivity index (χ0n) is 13.5. The van der Waals surface area contributed by atoms with Crippen molar-refractivity contribution in [3.05, 3.63) is 0 Å². The lowest BCUT2D eigenvalue weighted by molar-refractivity contribution is -0.000177. The van der Waals surface area contributed by atoms with Crippen molar-refractivity contribution in [1.29, 1.82) is 0 Å². The predicted molar refractivity (Wildman–Crippen MR) is 83.5 cm³/mol. The molecule has 1 aliphatic rings. The zero-order chi connectivity index (χ0) is 14.1. The number of hydrogen-bond acceptors (Lipinski definition) is 2. The van der Waals surface area contributed by atoms with Gasteiger partial charge in [-0.2, -0.15) is 0 Å². The van der Waals surface area contributed by atoms with E-state index >= 15 is 0 Å². The minimum atomic E-state index is -0.378. The second-order valence-electron chi connectivity index (χ2n) is 6.54. The Morgan fingerprint density at radius 3 is 2.53 bits per heavy atom. The third-order valence-corrected chi connectivity index (χ3v) is 4.76. The molecule has 0 aromatic heterocycles. The highest BCUT2D eigenvalue weighted by Crippen LogP contribution is 2.32. The average molecular weight is 269 g/mol. The topological polar surface area (TPSA) is 23.5 Å². The Balaban J connectivity index is 2.45. The SMILES string of the molecule is CCCCC(CC)CC1(O)CCCN(CCC)CC1. The van der Waals surface area contributed by atoms with Crippen LogP contribution in [0, 0.1) is 5.92 Å².